The Hall–Kier alpha value is -1.56. The highest BCUT2D eigenvalue weighted by Gasteiger charge is 2.16. The Morgan fingerprint density at radius 1 is 1.29 bits per heavy atom. The lowest BCUT2D eigenvalue weighted by atomic mass is 10.1. The number of hydrogen-bond acceptors (Lipinski definition) is 6. The zero-order valence-corrected chi connectivity index (χ0v) is 13.3. The van der Waals surface area contributed by atoms with Gasteiger partial charge in [-0.2, -0.15) is 4.98 Å². The summed E-state index contributed by atoms with van der Waals surface area (Å²) in [6.45, 7) is 10.6. The standard InChI is InChI=1S/C15H27N5O/c1-11(2)21-15-13(16)14(18-10-19-15)17-8-12(3)9-20-6-4-5-7-20/h10-12H,4-9,16H2,1-3H3,(H,17,18,19). The van der Waals surface area contributed by atoms with Crippen LogP contribution in [-0.4, -0.2) is 47.2 Å². The summed E-state index contributed by atoms with van der Waals surface area (Å²) in [5.41, 5.74) is 6.54. The first-order valence-corrected chi connectivity index (χ1v) is 7.79. The van der Waals surface area contributed by atoms with Gasteiger partial charge in [-0.3, -0.25) is 0 Å². The van der Waals surface area contributed by atoms with Crippen molar-refractivity contribution >= 4 is 11.5 Å². The third-order valence-corrected chi connectivity index (χ3v) is 3.58. The number of likely N-dealkylation sites (tertiary alicyclic amines) is 1. The Balaban J connectivity index is 1.87. The molecule has 1 aliphatic heterocycles. The highest BCUT2D eigenvalue weighted by molar-refractivity contribution is 5.66. The van der Waals surface area contributed by atoms with Crippen molar-refractivity contribution in [3.8, 4) is 5.88 Å². The van der Waals surface area contributed by atoms with Gasteiger partial charge in [0.15, 0.2) is 5.82 Å². The van der Waals surface area contributed by atoms with E-state index in [0.717, 1.165) is 13.1 Å². The molecular formula is C15H27N5O. The van der Waals surface area contributed by atoms with Gasteiger partial charge in [-0.05, 0) is 45.7 Å². The molecule has 0 amide bonds. The number of nitrogens with one attached hydrogen (secondary N) is 1. The number of nitrogens with zero attached hydrogens (tertiary/aromatic N) is 3. The quantitative estimate of drug-likeness (QED) is 0.800. The van der Waals surface area contributed by atoms with Crippen molar-refractivity contribution in [1.82, 2.24) is 14.9 Å². The van der Waals surface area contributed by atoms with E-state index in [1.807, 2.05) is 13.8 Å². The second-order valence-corrected chi connectivity index (χ2v) is 6.10. The third-order valence-electron chi connectivity index (χ3n) is 3.58. The maximum absolute atomic E-state index is 6.06. The molecule has 2 heterocycles. The van der Waals surface area contributed by atoms with E-state index in [-0.39, 0.29) is 6.10 Å². The van der Waals surface area contributed by atoms with Crippen LogP contribution in [0.1, 0.15) is 33.6 Å². The third kappa shape index (κ3) is 4.74. The van der Waals surface area contributed by atoms with Crippen LogP contribution in [0.3, 0.4) is 0 Å². The average molecular weight is 293 g/mol. The molecule has 3 N–H and O–H groups in total. The highest BCUT2D eigenvalue weighted by Crippen LogP contribution is 2.25. The maximum Gasteiger partial charge on any atom is 0.242 e. The smallest absolute Gasteiger partial charge is 0.242 e. The second kappa shape index (κ2) is 7.45. The number of rotatable bonds is 7. The summed E-state index contributed by atoms with van der Waals surface area (Å²) < 4.78 is 5.58. The molecule has 1 fully saturated rings. The van der Waals surface area contributed by atoms with Crippen molar-refractivity contribution in [2.45, 2.75) is 39.7 Å². The molecule has 6 heteroatoms. The normalized spacial score (nSPS) is 17.1. The fourth-order valence-electron chi connectivity index (χ4n) is 2.58. The van der Waals surface area contributed by atoms with Crippen LogP contribution in [0.2, 0.25) is 0 Å². The average Bonchev–Trinajstić information content (AvgIpc) is 2.92. The van der Waals surface area contributed by atoms with Crippen molar-refractivity contribution in [3.05, 3.63) is 6.33 Å². The Labute approximate surface area is 127 Å². The minimum absolute atomic E-state index is 0.0455. The van der Waals surface area contributed by atoms with Gasteiger partial charge in [-0.1, -0.05) is 6.92 Å². The van der Waals surface area contributed by atoms with E-state index in [1.54, 1.807) is 0 Å². The molecule has 0 radical (unpaired) electrons. The van der Waals surface area contributed by atoms with Crippen molar-refractivity contribution in [3.63, 3.8) is 0 Å². The summed E-state index contributed by atoms with van der Waals surface area (Å²) in [5.74, 6) is 1.66. The number of hydrogen-bond donors (Lipinski definition) is 2. The molecule has 1 aromatic rings. The number of nitrogens with two attached hydrogens (primary N) is 1. The number of ether oxygens (including phenoxy) is 1. The largest absolute Gasteiger partial charge is 0.473 e. The summed E-state index contributed by atoms with van der Waals surface area (Å²) in [6, 6.07) is 0. The first-order valence-electron chi connectivity index (χ1n) is 7.79. The van der Waals surface area contributed by atoms with E-state index in [4.69, 9.17) is 10.5 Å². The van der Waals surface area contributed by atoms with Gasteiger partial charge in [-0.15, -0.1) is 0 Å². The molecule has 0 aliphatic carbocycles. The zero-order valence-electron chi connectivity index (χ0n) is 13.3. The molecule has 6 nitrogen and oxygen atoms in total. The number of anilines is 2. The van der Waals surface area contributed by atoms with Gasteiger partial charge in [-0.25, -0.2) is 4.98 Å². The summed E-state index contributed by atoms with van der Waals surface area (Å²) in [6.07, 6.45) is 4.19. The molecule has 0 saturated carbocycles. The SMILES string of the molecule is CC(CNc1ncnc(OC(C)C)c1N)CN1CCCC1. The minimum Gasteiger partial charge on any atom is -0.473 e. The fourth-order valence-corrected chi connectivity index (χ4v) is 2.58. The predicted molar refractivity (Wildman–Crippen MR) is 85.5 cm³/mol. The molecule has 1 aliphatic rings. The molecule has 1 atom stereocenters. The number of nitrogen functional groups attached to an aromatic ring is 1. The lowest BCUT2D eigenvalue weighted by molar-refractivity contribution is 0.234. The Bertz CT molecular complexity index is 446. The van der Waals surface area contributed by atoms with Crippen LogP contribution < -0.4 is 15.8 Å². The van der Waals surface area contributed by atoms with E-state index < -0.39 is 0 Å². The van der Waals surface area contributed by atoms with Crippen LogP contribution in [0.5, 0.6) is 5.88 Å². The fraction of sp³-hybridized carbons (Fsp3) is 0.733. The van der Waals surface area contributed by atoms with Crippen LogP contribution in [-0.2, 0) is 0 Å². The maximum atomic E-state index is 6.06. The lowest BCUT2D eigenvalue weighted by Crippen LogP contribution is -2.29. The van der Waals surface area contributed by atoms with Crippen LogP contribution in [0.15, 0.2) is 6.33 Å². The second-order valence-electron chi connectivity index (χ2n) is 6.10. The Kier molecular flexibility index (Phi) is 5.61. The van der Waals surface area contributed by atoms with Gasteiger partial charge in [0, 0.05) is 13.1 Å². The Morgan fingerprint density at radius 2 is 2.00 bits per heavy atom. The lowest BCUT2D eigenvalue weighted by Gasteiger charge is -2.21. The molecule has 1 unspecified atom stereocenters. The van der Waals surface area contributed by atoms with Crippen molar-refractivity contribution < 1.29 is 4.74 Å². The topological polar surface area (TPSA) is 76.3 Å². The van der Waals surface area contributed by atoms with Gasteiger partial charge >= 0.3 is 0 Å². The van der Waals surface area contributed by atoms with Crippen LogP contribution >= 0.6 is 0 Å². The Morgan fingerprint density at radius 3 is 2.67 bits per heavy atom. The molecular weight excluding hydrogens is 266 g/mol. The monoisotopic (exact) mass is 293 g/mol. The first-order chi connectivity index (χ1) is 10.1. The van der Waals surface area contributed by atoms with E-state index in [2.05, 4.69) is 27.1 Å². The molecule has 0 spiro atoms. The van der Waals surface area contributed by atoms with E-state index in [0.29, 0.717) is 23.3 Å². The summed E-state index contributed by atoms with van der Waals surface area (Å²) in [4.78, 5) is 10.8. The predicted octanol–water partition coefficient (Wildman–Crippen LogP) is 1.99. The molecule has 2 rings (SSSR count). The molecule has 21 heavy (non-hydrogen) atoms. The molecule has 0 aromatic carbocycles. The summed E-state index contributed by atoms with van der Waals surface area (Å²) in [7, 11) is 0. The van der Waals surface area contributed by atoms with Gasteiger partial charge in [0.1, 0.15) is 12.0 Å². The zero-order chi connectivity index (χ0) is 15.2. The van der Waals surface area contributed by atoms with Gasteiger partial charge in [0.05, 0.1) is 6.10 Å². The van der Waals surface area contributed by atoms with Gasteiger partial charge in [0.2, 0.25) is 5.88 Å². The summed E-state index contributed by atoms with van der Waals surface area (Å²) in [5, 5.41) is 3.32. The van der Waals surface area contributed by atoms with Crippen molar-refractivity contribution in [2.75, 3.05) is 37.2 Å². The van der Waals surface area contributed by atoms with Crippen LogP contribution in [0, 0.1) is 5.92 Å². The minimum atomic E-state index is 0.0455. The molecule has 118 valence electrons. The molecule has 1 saturated heterocycles. The highest BCUT2D eigenvalue weighted by atomic mass is 16.5. The first kappa shape index (κ1) is 15.8. The van der Waals surface area contributed by atoms with Crippen molar-refractivity contribution in [1.29, 1.82) is 0 Å². The van der Waals surface area contributed by atoms with Gasteiger partial charge < -0.3 is 20.7 Å². The summed E-state index contributed by atoms with van der Waals surface area (Å²) >= 11 is 0. The van der Waals surface area contributed by atoms with Crippen molar-refractivity contribution in [2.24, 2.45) is 5.92 Å². The molecule has 1 aromatic heterocycles. The van der Waals surface area contributed by atoms with E-state index in [9.17, 15) is 0 Å². The van der Waals surface area contributed by atoms with Gasteiger partial charge in [0.25, 0.3) is 0 Å². The van der Waals surface area contributed by atoms with E-state index in [1.165, 1.54) is 32.3 Å². The number of aromatic nitrogens is 2. The van der Waals surface area contributed by atoms with Crippen LogP contribution in [0.25, 0.3) is 0 Å². The van der Waals surface area contributed by atoms with E-state index >= 15 is 0 Å². The molecule has 0 bridgehead atoms. The van der Waals surface area contributed by atoms with Crippen LogP contribution in [0.4, 0.5) is 11.5 Å².